The van der Waals surface area contributed by atoms with Crippen LogP contribution in [0.3, 0.4) is 0 Å². The van der Waals surface area contributed by atoms with Crippen LogP contribution in [0.15, 0.2) is 18.2 Å². The summed E-state index contributed by atoms with van der Waals surface area (Å²) >= 11 is 0. The van der Waals surface area contributed by atoms with Crippen LogP contribution in [0.1, 0.15) is 37.7 Å². The van der Waals surface area contributed by atoms with Gasteiger partial charge in [-0.25, -0.2) is 0 Å². The monoisotopic (exact) mass is 279 g/mol. The third-order valence-electron chi connectivity index (χ3n) is 4.15. The Labute approximate surface area is 121 Å². The molecule has 112 valence electrons. The number of benzene rings is 1. The van der Waals surface area contributed by atoms with Gasteiger partial charge in [-0.2, -0.15) is 0 Å². The molecule has 1 saturated carbocycles. The minimum absolute atomic E-state index is 0.154. The summed E-state index contributed by atoms with van der Waals surface area (Å²) in [5, 5.41) is 19.5. The van der Waals surface area contributed by atoms with Gasteiger partial charge in [0.15, 0.2) is 11.5 Å². The lowest BCUT2D eigenvalue weighted by Crippen LogP contribution is -2.38. The molecule has 0 radical (unpaired) electrons. The molecule has 20 heavy (non-hydrogen) atoms. The van der Waals surface area contributed by atoms with E-state index in [4.69, 9.17) is 4.74 Å². The summed E-state index contributed by atoms with van der Waals surface area (Å²) in [5.74, 6) is 0.726. The Hall–Kier alpha value is -1.26. The van der Waals surface area contributed by atoms with Crippen LogP contribution in [-0.4, -0.2) is 41.4 Å². The van der Waals surface area contributed by atoms with Gasteiger partial charge in [-0.1, -0.05) is 31.4 Å². The maximum absolute atomic E-state index is 10.2. The fraction of sp³-hybridized carbons (Fsp3) is 0.625. The molecule has 4 heteroatoms. The van der Waals surface area contributed by atoms with Gasteiger partial charge in [-0.3, -0.25) is 4.90 Å². The van der Waals surface area contributed by atoms with E-state index in [0.717, 1.165) is 5.56 Å². The number of methoxy groups -OCH3 is 1. The van der Waals surface area contributed by atoms with Gasteiger partial charge >= 0.3 is 0 Å². The van der Waals surface area contributed by atoms with E-state index in [-0.39, 0.29) is 12.4 Å². The predicted molar refractivity (Wildman–Crippen MR) is 79.0 cm³/mol. The molecule has 4 nitrogen and oxygen atoms in total. The highest BCUT2D eigenvalue weighted by Crippen LogP contribution is 2.32. The first-order valence-electron chi connectivity index (χ1n) is 7.46. The molecule has 2 rings (SSSR count). The Balaban J connectivity index is 2.10. The number of para-hydroxylation sites is 1. The van der Waals surface area contributed by atoms with Crippen molar-refractivity contribution in [3.05, 3.63) is 23.8 Å². The zero-order valence-corrected chi connectivity index (χ0v) is 12.2. The van der Waals surface area contributed by atoms with Crippen molar-refractivity contribution in [1.82, 2.24) is 4.90 Å². The van der Waals surface area contributed by atoms with Crippen LogP contribution < -0.4 is 4.74 Å². The molecule has 2 N–H and O–H groups in total. The number of aliphatic hydroxyl groups is 1. The normalized spacial score (nSPS) is 16.6. The lowest BCUT2D eigenvalue weighted by Gasteiger charge is -2.34. The molecule has 0 aliphatic heterocycles. The van der Waals surface area contributed by atoms with Crippen LogP contribution in [0, 0.1) is 0 Å². The number of phenolic OH excluding ortho intramolecular Hbond substituents is 1. The third kappa shape index (κ3) is 3.64. The van der Waals surface area contributed by atoms with Crippen LogP contribution in [-0.2, 0) is 6.54 Å². The molecule has 0 unspecified atom stereocenters. The van der Waals surface area contributed by atoms with Crippen molar-refractivity contribution < 1.29 is 14.9 Å². The second-order valence-corrected chi connectivity index (χ2v) is 5.45. The molecular weight excluding hydrogens is 254 g/mol. The topological polar surface area (TPSA) is 52.9 Å². The van der Waals surface area contributed by atoms with E-state index >= 15 is 0 Å². The van der Waals surface area contributed by atoms with E-state index in [1.54, 1.807) is 13.2 Å². The van der Waals surface area contributed by atoms with E-state index < -0.39 is 0 Å². The van der Waals surface area contributed by atoms with E-state index in [0.29, 0.717) is 24.9 Å². The van der Waals surface area contributed by atoms with Crippen LogP contribution in [0.4, 0.5) is 0 Å². The number of phenols is 1. The Morgan fingerprint density at radius 1 is 1.25 bits per heavy atom. The maximum Gasteiger partial charge on any atom is 0.162 e. The molecule has 0 atom stereocenters. The minimum atomic E-state index is 0.154. The van der Waals surface area contributed by atoms with Crippen molar-refractivity contribution in [3.8, 4) is 11.5 Å². The first-order valence-corrected chi connectivity index (χ1v) is 7.46. The van der Waals surface area contributed by atoms with Gasteiger partial charge in [0, 0.05) is 24.7 Å². The second-order valence-electron chi connectivity index (χ2n) is 5.45. The van der Waals surface area contributed by atoms with Crippen molar-refractivity contribution in [2.75, 3.05) is 20.3 Å². The standard InChI is InChI=1S/C16H25NO3/c1-20-15-9-5-6-13(16(15)19)12-17(10-11-18)14-7-3-2-4-8-14/h5-6,9,14,18-19H,2-4,7-8,10-12H2,1H3. The quantitative estimate of drug-likeness (QED) is 0.840. The van der Waals surface area contributed by atoms with Crippen LogP contribution in [0.2, 0.25) is 0 Å². The van der Waals surface area contributed by atoms with Crippen LogP contribution >= 0.6 is 0 Å². The average molecular weight is 279 g/mol. The minimum Gasteiger partial charge on any atom is -0.504 e. The number of nitrogens with zero attached hydrogens (tertiary/aromatic N) is 1. The number of ether oxygens (including phenoxy) is 1. The summed E-state index contributed by atoms with van der Waals surface area (Å²) in [6, 6.07) is 6.09. The summed E-state index contributed by atoms with van der Waals surface area (Å²) in [7, 11) is 1.56. The number of hydrogen-bond acceptors (Lipinski definition) is 4. The van der Waals surface area contributed by atoms with Crippen molar-refractivity contribution in [1.29, 1.82) is 0 Å². The number of hydrogen-bond donors (Lipinski definition) is 2. The maximum atomic E-state index is 10.2. The molecular formula is C16H25NO3. The first kappa shape index (κ1) is 15.1. The smallest absolute Gasteiger partial charge is 0.162 e. The van der Waals surface area contributed by atoms with Crippen molar-refractivity contribution in [2.45, 2.75) is 44.7 Å². The van der Waals surface area contributed by atoms with Crippen LogP contribution in [0.5, 0.6) is 11.5 Å². The highest BCUT2D eigenvalue weighted by molar-refractivity contribution is 5.45. The number of aliphatic hydroxyl groups excluding tert-OH is 1. The molecule has 0 spiro atoms. The fourth-order valence-electron chi connectivity index (χ4n) is 3.04. The van der Waals surface area contributed by atoms with E-state index in [9.17, 15) is 10.2 Å². The number of rotatable bonds is 6. The summed E-state index contributed by atoms with van der Waals surface area (Å²) in [6.45, 7) is 1.47. The Kier molecular flexibility index (Phi) is 5.68. The molecule has 0 saturated heterocycles. The molecule has 1 aromatic rings. The Morgan fingerprint density at radius 3 is 2.65 bits per heavy atom. The summed E-state index contributed by atoms with van der Waals surface area (Å²) in [6.07, 6.45) is 6.21. The lowest BCUT2D eigenvalue weighted by molar-refractivity contribution is 0.116. The zero-order chi connectivity index (χ0) is 14.4. The summed E-state index contributed by atoms with van der Waals surface area (Å²) < 4.78 is 5.15. The zero-order valence-electron chi connectivity index (χ0n) is 12.2. The van der Waals surface area contributed by atoms with Gasteiger partial charge in [0.25, 0.3) is 0 Å². The van der Waals surface area contributed by atoms with Gasteiger partial charge in [0.2, 0.25) is 0 Å². The van der Waals surface area contributed by atoms with Gasteiger partial charge in [-0.05, 0) is 18.9 Å². The van der Waals surface area contributed by atoms with Crippen molar-refractivity contribution >= 4 is 0 Å². The molecule has 0 heterocycles. The van der Waals surface area contributed by atoms with Crippen molar-refractivity contribution in [2.24, 2.45) is 0 Å². The number of aromatic hydroxyl groups is 1. The SMILES string of the molecule is COc1cccc(CN(CCO)C2CCCCC2)c1O. The Bertz CT molecular complexity index is 416. The second kappa shape index (κ2) is 7.50. The van der Waals surface area contributed by atoms with Gasteiger partial charge in [0.05, 0.1) is 13.7 Å². The average Bonchev–Trinajstić information content (AvgIpc) is 2.49. The van der Waals surface area contributed by atoms with Crippen molar-refractivity contribution in [3.63, 3.8) is 0 Å². The third-order valence-corrected chi connectivity index (χ3v) is 4.15. The largest absolute Gasteiger partial charge is 0.504 e. The van der Waals surface area contributed by atoms with E-state index in [1.807, 2.05) is 12.1 Å². The van der Waals surface area contributed by atoms with E-state index in [2.05, 4.69) is 4.90 Å². The molecule has 1 aliphatic rings. The first-order chi connectivity index (χ1) is 9.76. The lowest BCUT2D eigenvalue weighted by atomic mass is 9.93. The molecule has 1 aliphatic carbocycles. The van der Waals surface area contributed by atoms with Gasteiger partial charge < -0.3 is 14.9 Å². The molecule has 0 bridgehead atoms. The molecule has 1 fully saturated rings. The molecule has 1 aromatic carbocycles. The highest BCUT2D eigenvalue weighted by atomic mass is 16.5. The highest BCUT2D eigenvalue weighted by Gasteiger charge is 2.22. The summed E-state index contributed by atoms with van der Waals surface area (Å²) in [5.41, 5.74) is 0.864. The van der Waals surface area contributed by atoms with Gasteiger partial charge in [0.1, 0.15) is 0 Å². The van der Waals surface area contributed by atoms with E-state index in [1.165, 1.54) is 32.1 Å². The van der Waals surface area contributed by atoms with Gasteiger partial charge in [-0.15, -0.1) is 0 Å². The predicted octanol–water partition coefficient (Wildman–Crippen LogP) is 2.53. The molecule has 0 amide bonds. The Morgan fingerprint density at radius 2 is 2.00 bits per heavy atom. The fourth-order valence-corrected chi connectivity index (χ4v) is 3.04. The summed E-state index contributed by atoms with van der Waals surface area (Å²) in [4.78, 5) is 2.29. The van der Waals surface area contributed by atoms with Crippen LogP contribution in [0.25, 0.3) is 0 Å². The molecule has 0 aromatic heterocycles.